The number of aromatic nitrogens is 3. The number of hydrogen-bond donors (Lipinski definition) is 1. The fourth-order valence-corrected chi connectivity index (χ4v) is 2.93. The van der Waals surface area contributed by atoms with Crippen molar-refractivity contribution in [2.24, 2.45) is 0 Å². The van der Waals surface area contributed by atoms with Crippen molar-refractivity contribution in [3.63, 3.8) is 0 Å². The summed E-state index contributed by atoms with van der Waals surface area (Å²) in [4.78, 5) is 24.9. The SMILES string of the molecule is O=C(CN1CCN(Cc2nc(-c3cccnc3)no2)CC1)NC1CC1. The molecule has 0 spiro atoms. The number of nitrogens with zero attached hydrogens (tertiary/aromatic N) is 5. The fourth-order valence-electron chi connectivity index (χ4n) is 2.93. The van der Waals surface area contributed by atoms with E-state index in [1.54, 1.807) is 12.4 Å². The summed E-state index contributed by atoms with van der Waals surface area (Å²) in [5, 5.41) is 7.06. The summed E-state index contributed by atoms with van der Waals surface area (Å²) < 4.78 is 5.36. The molecule has 132 valence electrons. The number of nitrogens with one attached hydrogen (secondary N) is 1. The van der Waals surface area contributed by atoms with Crippen LogP contribution in [0.1, 0.15) is 18.7 Å². The first kappa shape index (κ1) is 16.2. The molecule has 2 fully saturated rings. The van der Waals surface area contributed by atoms with E-state index in [1.165, 1.54) is 0 Å². The highest BCUT2D eigenvalue weighted by Crippen LogP contribution is 2.18. The predicted molar refractivity (Wildman–Crippen MR) is 90.4 cm³/mol. The van der Waals surface area contributed by atoms with Crippen LogP contribution in [0, 0.1) is 0 Å². The number of carbonyl (C=O) groups excluding carboxylic acids is 1. The summed E-state index contributed by atoms with van der Waals surface area (Å²) in [5.41, 5.74) is 0.851. The molecule has 1 aliphatic heterocycles. The number of amides is 1. The van der Waals surface area contributed by atoms with E-state index in [9.17, 15) is 4.79 Å². The highest BCUT2D eigenvalue weighted by Gasteiger charge is 2.25. The van der Waals surface area contributed by atoms with Gasteiger partial charge in [0.15, 0.2) is 0 Å². The second-order valence-corrected chi connectivity index (χ2v) is 6.65. The van der Waals surface area contributed by atoms with Crippen LogP contribution in [0.5, 0.6) is 0 Å². The van der Waals surface area contributed by atoms with E-state index in [4.69, 9.17) is 4.52 Å². The van der Waals surface area contributed by atoms with Crippen molar-refractivity contribution < 1.29 is 9.32 Å². The Morgan fingerprint density at radius 2 is 2.04 bits per heavy atom. The minimum absolute atomic E-state index is 0.147. The van der Waals surface area contributed by atoms with Gasteiger partial charge in [0.1, 0.15) is 0 Å². The zero-order valence-electron chi connectivity index (χ0n) is 14.1. The van der Waals surface area contributed by atoms with Crippen LogP contribution in [0.2, 0.25) is 0 Å². The minimum Gasteiger partial charge on any atom is -0.352 e. The maximum atomic E-state index is 11.9. The third-order valence-corrected chi connectivity index (χ3v) is 4.52. The monoisotopic (exact) mass is 342 g/mol. The van der Waals surface area contributed by atoms with Crippen molar-refractivity contribution in [2.45, 2.75) is 25.4 Å². The van der Waals surface area contributed by atoms with E-state index in [1.807, 2.05) is 12.1 Å². The summed E-state index contributed by atoms with van der Waals surface area (Å²) in [7, 11) is 0. The first-order valence-electron chi connectivity index (χ1n) is 8.73. The van der Waals surface area contributed by atoms with E-state index >= 15 is 0 Å². The van der Waals surface area contributed by atoms with Crippen LogP contribution in [0.15, 0.2) is 29.0 Å². The lowest BCUT2D eigenvalue weighted by atomic mass is 10.3. The number of pyridine rings is 1. The summed E-state index contributed by atoms with van der Waals surface area (Å²) in [6, 6.07) is 4.19. The van der Waals surface area contributed by atoms with Gasteiger partial charge >= 0.3 is 0 Å². The van der Waals surface area contributed by atoms with Crippen LogP contribution in [-0.4, -0.2) is 69.6 Å². The normalized spacial score (nSPS) is 19.0. The standard InChI is InChI=1S/C17H22N6O2/c24-15(19-14-3-4-14)11-22-6-8-23(9-7-22)12-16-20-17(21-25-16)13-2-1-5-18-10-13/h1-2,5,10,14H,3-4,6-9,11-12H2,(H,19,24). The quantitative estimate of drug-likeness (QED) is 0.819. The molecule has 8 heteroatoms. The van der Waals surface area contributed by atoms with Gasteiger partial charge in [0.05, 0.1) is 13.1 Å². The van der Waals surface area contributed by atoms with Crippen LogP contribution < -0.4 is 5.32 Å². The average Bonchev–Trinajstić information content (AvgIpc) is 3.32. The topological polar surface area (TPSA) is 87.4 Å². The van der Waals surface area contributed by atoms with Crippen molar-refractivity contribution in [2.75, 3.05) is 32.7 Å². The van der Waals surface area contributed by atoms with E-state index in [2.05, 4.69) is 30.2 Å². The third-order valence-electron chi connectivity index (χ3n) is 4.52. The lowest BCUT2D eigenvalue weighted by Crippen LogP contribution is -2.49. The third kappa shape index (κ3) is 4.40. The first-order valence-corrected chi connectivity index (χ1v) is 8.73. The van der Waals surface area contributed by atoms with Crippen molar-refractivity contribution in [3.8, 4) is 11.4 Å². The molecule has 4 rings (SSSR count). The molecule has 0 unspecified atom stereocenters. The Morgan fingerprint density at radius 3 is 2.76 bits per heavy atom. The molecular weight excluding hydrogens is 320 g/mol. The molecule has 1 aliphatic carbocycles. The second kappa shape index (κ2) is 7.28. The summed E-state index contributed by atoms with van der Waals surface area (Å²) in [6.07, 6.45) is 5.70. The highest BCUT2D eigenvalue weighted by molar-refractivity contribution is 5.78. The van der Waals surface area contributed by atoms with E-state index in [0.717, 1.165) is 44.6 Å². The Labute approximate surface area is 146 Å². The van der Waals surface area contributed by atoms with E-state index < -0.39 is 0 Å². The molecule has 25 heavy (non-hydrogen) atoms. The maximum absolute atomic E-state index is 11.9. The van der Waals surface area contributed by atoms with Crippen molar-refractivity contribution in [1.29, 1.82) is 0 Å². The molecule has 2 aromatic rings. The van der Waals surface area contributed by atoms with E-state index in [0.29, 0.717) is 30.8 Å². The maximum Gasteiger partial charge on any atom is 0.241 e. The Balaban J connectivity index is 1.24. The fraction of sp³-hybridized carbons (Fsp3) is 0.529. The lowest BCUT2D eigenvalue weighted by Gasteiger charge is -2.33. The van der Waals surface area contributed by atoms with Gasteiger partial charge < -0.3 is 9.84 Å². The Kier molecular flexibility index (Phi) is 4.71. The molecule has 1 saturated heterocycles. The summed E-state index contributed by atoms with van der Waals surface area (Å²) in [6.45, 7) is 4.66. The molecule has 1 amide bonds. The first-order chi connectivity index (χ1) is 12.3. The molecule has 0 atom stereocenters. The van der Waals surface area contributed by atoms with Gasteiger partial charge in [-0.1, -0.05) is 5.16 Å². The molecule has 3 heterocycles. The van der Waals surface area contributed by atoms with Gasteiger partial charge in [-0.05, 0) is 25.0 Å². The van der Waals surface area contributed by atoms with Gasteiger partial charge in [0.2, 0.25) is 17.6 Å². The zero-order chi connectivity index (χ0) is 17.1. The lowest BCUT2D eigenvalue weighted by molar-refractivity contribution is -0.122. The van der Waals surface area contributed by atoms with Gasteiger partial charge in [-0.15, -0.1) is 0 Å². The summed E-state index contributed by atoms with van der Waals surface area (Å²) in [5.74, 6) is 1.33. The second-order valence-electron chi connectivity index (χ2n) is 6.65. The molecule has 0 bridgehead atoms. The molecule has 2 aliphatic rings. The molecule has 0 aromatic carbocycles. The zero-order valence-corrected chi connectivity index (χ0v) is 14.1. The van der Waals surface area contributed by atoms with Crippen LogP contribution in [0.4, 0.5) is 0 Å². The van der Waals surface area contributed by atoms with Gasteiger partial charge in [-0.25, -0.2) is 0 Å². The van der Waals surface area contributed by atoms with Crippen molar-refractivity contribution in [3.05, 3.63) is 30.4 Å². The van der Waals surface area contributed by atoms with Crippen molar-refractivity contribution in [1.82, 2.24) is 30.2 Å². The number of rotatable bonds is 6. The minimum atomic E-state index is 0.147. The summed E-state index contributed by atoms with van der Waals surface area (Å²) >= 11 is 0. The van der Waals surface area contributed by atoms with Gasteiger partial charge in [0, 0.05) is 50.2 Å². The Bertz CT molecular complexity index is 707. The number of piperazine rings is 1. The largest absolute Gasteiger partial charge is 0.352 e. The smallest absolute Gasteiger partial charge is 0.241 e. The van der Waals surface area contributed by atoms with Gasteiger partial charge in [-0.2, -0.15) is 4.98 Å². The van der Waals surface area contributed by atoms with E-state index in [-0.39, 0.29) is 5.91 Å². The molecule has 0 radical (unpaired) electrons. The highest BCUT2D eigenvalue weighted by atomic mass is 16.5. The van der Waals surface area contributed by atoms with Crippen LogP contribution in [0.3, 0.4) is 0 Å². The molecule has 1 N–H and O–H groups in total. The molecular formula is C17H22N6O2. The molecule has 2 aromatic heterocycles. The number of carbonyl (C=O) groups is 1. The Morgan fingerprint density at radius 1 is 1.24 bits per heavy atom. The average molecular weight is 342 g/mol. The molecule has 8 nitrogen and oxygen atoms in total. The predicted octanol–water partition coefficient (Wildman–Crippen LogP) is 0.528. The van der Waals surface area contributed by atoms with Crippen molar-refractivity contribution >= 4 is 5.91 Å². The molecule has 1 saturated carbocycles. The van der Waals surface area contributed by atoms with Crippen LogP contribution in [-0.2, 0) is 11.3 Å². The van der Waals surface area contributed by atoms with Gasteiger partial charge in [-0.3, -0.25) is 19.6 Å². The Hall–Kier alpha value is -2.32. The van der Waals surface area contributed by atoms with Crippen LogP contribution >= 0.6 is 0 Å². The van der Waals surface area contributed by atoms with Crippen LogP contribution in [0.25, 0.3) is 11.4 Å². The van der Waals surface area contributed by atoms with Gasteiger partial charge in [0.25, 0.3) is 0 Å². The number of hydrogen-bond acceptors (Lipinski definition) is 7.